The van der Waals surface area contributed by atoms with Gasteiger partial charge in [-0.15, -0.1) is 0 Å². The second kappa shape index (κ2) is 9.42. The van der Waals surface area contributed by atoms with Crippen LogP contribution in [0.15, 0.2) is 78.9 Å². The first-order valence-corrected chi connectivity index (χ1v) is 14.0. The van der Waals surface area contributed by atoms with Gasteiger partial charge in [0.2, 0.25) is 0 Å². The van der Waals surface area contributed by atoms with Gasteiger partial charge in [-0.25, -0.2) is 9.97 Å². The minimum absolute atomic E-state index is 0.803. The number of aryl methyl sites for hydroxylation is 5. The summed E-state index contributed by atoms with van der Waals surface area (Å²) in [6.07, 6.45) is 4.11. The van der Waals surface area contributed by atoms with Gasteiger partial charge in [0.05, 0.1) is 22.1 Å². The monoisotopic (exact) mass is 511 g/mol. The van der Waals surface area contributed by atoms with Crippen LogP contribution < -0.4 is 5.32 Å². The van der Waals surface area contributed by atoms with E-state index in [2.05, 4.69) is 114 Å². The molecule has 0 aliphatic carbocycles. The Bertz CT molecular complexity index is 1860. The molecule has 7 rings (SSSR count). The Morgan fingerprint density at radius 1 is 0.821 bits per heavy atom. The van der Waals surface area contributed by atoms with Crippen LogP contribution in [0.3, 0.4) is 0 Å². The summed E-state index contributed by atoms with van der Waals surface area (Å²) in [6.45, 7) is 5.21. The quantitative estimate of drug-likeness (QED) is 0.257. The largest absolute Gasteiger partial charge is 0.355 e. The molecule has 194 valence electrons. The van der Waals surface area contributed by atoms with Crippen LogP contribution in [0.4, 0.5) is 11.4 Å². The predicted molar refractivity (Wildman–Crippen MR) is 161 cm³/mol. The van der Waals surface area contributed by atoms with Gasteiger partial charge in [-0.2, -0.15) is 0 Å². The Balaban J connectivity index is 1.31. The van der Waals surface area contributed by atoms with E-state index < -0.39 is 0 Å². The highest BCUT2D eigenvalue weighted by Gasteiger charge is 2.18. The van der Waals surface area contributed by atoms with E-state index >= 15 is 0 Å². The minimum Gasteiger partial charge on any atom is -0.355 e. The molecule has 1 N–H and O–H groups in total. The molecule has 0 radical (unpaired) electrons. The molecule has 3 heterocycles. The average Bonchev–Trinajstić information content (AvgIpc) is 3.39. The van der Waals surface area contributed by atoms with Crippen molar-refractivity contribution in [2.45, 2.75) is 46.1 Å². The fourth-order valence-corrected chi connectivity index (χ4v) is 6.10. The van der Waals surface area contributed by atoms with E-state index in [-0.39, 0.29) is 0 Å². The highest BCUT2D eigenvalue weighted by atomic mass is 15.1. The SMILES string of the molecule is CCCc1nc2c(C)cc(-c3nc4ccccc4n3C)cc2n1Cc1ccc2c(c1)CCc1ccccc1N2. The number of aromatic nitrogens is 4. The maximum Gasteiger partial charge on any atom is 0.140 e. The molecule has 6 aromatic rings. The number of rotatable bonds is 5. The molecule has 4 aromatic carbocycles. The first-order chi connectivity index (χ1) is 19.1. The summed E-state index contributed by atoms with van der Waals surface area (Å²) < 4.78 is 4.62. The molecule has 0 fully saturated rings. The lowest BCUT2D eigenvalue weighted by Crippen LogP contribution is -2.06. The fraction of sp³-hybridized carbons (Fsp3) is 0.235. The van der Waals surface area contributed by atoms with Gasteiger partial charge >= 0.3 is 0 Å². The number of nitrogens with one attached hydrogen (secondary N) is 1. The third-order valence-corrected chi connectivity index (χ3v) is 8.10. The van der Waals surface area contributed by atoms with Crippen molar-refractivity contribution in [3.8, 4) is 11.4 Å². The number of para-hydroxylation sites is 3. The molecule has 0 bridgehead atoms. The molecule has 0 amide bonds. The van der Waals surface area contributed by atoms with Gasteiger partial charge in [0.1, 0.15) is 11.6 Å². The third-order valence-electron chi connectivity index (χ3n) is 8.10. The molecule has 2 aromatic heterocycles. The maximum absolute atomic E-state index is 5.15. The Labute approximate surface area is 229 Å². The highest BCUT2D eigenvalue weighted by Crippen LogP contribution is 2.33. The summed E-state index contributed by atoms with van der Waals surface area (Å²) in [4.78, 5) is 10.1. The van der Waals surface area contributed by atoms with Crippen LogP contribution in [0, 0.1) is 6.92 Å². The number of hydrogen-bond donors (Lipinski definition) is 1. The van der Waals surface area contributed by atoms with Gasteiger partial charge in [-0.1, -0.05) is 49.4 Å². The van der Waals surface area contributed by atoms with Gasteiger partial charge in [0, 0.05) is 37.0 Å². The number of hydrogen-bond acceptors (Lipinski definition) is 3. The fourth-order valence-electron chi connectivity index (χ4n) is 6.10. The van der Waals surface area contributed by atoms with Gasteiger partial charge in [-0.3, -0.25) is 0 Å². The van der Waals surface area contributed by atoms with Crippen molar-refractivity contribution in [2.75, 3.05) is 5.32 Å². The zero-order valence-electron chi connectivity index (χ0n) is 22.8. The van der Waals surface area contributed by atoms with Crippen molar-refractivity contribution in [3.63, 3.8) is 0 Å². The molecule has 5 heteroatoms. The van der Waals surface area contributed by atoms with Crippen LogP contribution in [0.1, 0.15) is 41.4 Å². The van der Waals surface area contributed by atoms with Crippen LogP contribution in [-0.4, -0.2) is 19.1 Å². The standard InChI is InChI=1S/C34H33N5/c1-4-9-32-37-33-22(2)18-26(34-36-29-12-7-8-13-30(29)38(34)3)20-31(33)39(32)21-23-14-17-28-25(19-23)16-15-24-10-5-6-11-27(24)35-28/h5-8,10-14,17-20,35H,4,9,15-16,21H2,1-3H3. The molecule has 0 unspecified atom stereocenters. The molecule has 5 nitrogen and oxygen atoms in total. The van der Waals surface area contributed by atoms with Gasteiger partial charge in [0.15, 0.2) is 0 Å². The molecular formula is C34H33N5. The van der Waals surface area contributed by atoms with Gasteiger partial charge in [-0.05, 0) is 84.8 Å². The second-order valence-corrected chi connectivity index (χ2v) is 10.8. The van der Waals surface area contributed by atoms with Crippen molar-refractivity contribution in [1.29, 1.82) is 0 Å². The highest BCUT2D eigenvalue weighted by molar-refractivity contribution is 5.87. The average molecular weight is 512 g/mol. The zero-order chi connectivity index (χ0) is 26.5. The molecule has 1 aliphatic heterocycles. The number of fused-ring (bicyclic) bond motifs is 4. The van der Waals surface area contributed by atoms with Crippen LogP contribution >= 0.6 is 0 Å². The summed E-state index contributed by atoms with van der Waals surface area (Å²) in [5.74, 6) is 2.14. The van der Waals surface area contributed by atoms with Crippen molar-refractivity contribution < 1.29 is 0 Å². The lowest BCUT2D eigenvalue weighted by atomic mass is 10.0. The van der Waals surface area contributed by atoms with E-state index in [1.165, 1.54) is 39.1 Å². The van der Waals surface area contributed by atoms with Gasteiger partial charge < -0.3 is 14.5 Å². The number of nitrogens with zero attached hydrogens (tertiary/aromatic N) is 4. The summed E-state index contributed by atoms with van der Waals surface area (Å²) in [7, 11) is 2.10. The number of benzene rings is 4. The third kappa shape index (κ3) is 4.09. The van der Waals surface area contributed by atoms with Crippen molar-refractivity contribution in [1.82, 2.24) is 19.1 Å². The van der Waals surface area contributed by atoms with Crippen molar-refractivity contribution in [2.24, 2.45) is 7.05 Å². The van der Waals surface area contributed by atoms with E-state index in [4.69, 9.17) is 9.97 Å². The number of imidazole rings is 2. The molecule has 39 heavy (non-hydrogen) atoms. The second-order valence-electron chi connectivity index (χ2n) is 10.8. The van der Waals surface area contributed by atoms with Crippen LogP contribution in [0.2, 0.25) is 0 Å². The van der Waals surface area contributed by atoms with E-state index in [0.717, 1.165) is 66.0 Å². The molecule has 1 aliphatic rings. The van der Waals surface area contributed by atoms with Crippen LogP contribution in [0.25, 0.3) is 33.5 Å². The molecular weight excluding hydrogens is 478 g/mol. The van der Waals surface area contributed by atoms with Crippen molar-refractivity contribution in [3.05, 3.63) is 107 Å². The van der Waals surface area contributed by atoms with E-state index in [0.29, 0.717) is 0 Å². The summed E-state index contributed by atoms with van der Waals surface area (Å²) in [6, 6.07) is 28.4. The van der Waals surface area contributed by atoms with Crippen molar-refractivity contribution >= 4 is 33.4 Å². The molecule has 0 spiro atoms. The maximum atomic E-state index is 5.15. The first-order valence-electron chi connectivity index (χ1n) is 14.0. The Morgan fingerprint density at radius 3 is 2.49 bits per heavy atom. The van der Waals surface area contributed by atoms with E-state index in [9.17, 15) is 0 Å². The molecule has 0 atom stereocenters. The van der Waals surface area contributed by atoms with Gasteiger partial charge in [0.25, 0.3) is 0 Å². The topological polar surface area (TPSA) is 47.7 Å². The summed E-state index contributed by atoms with van der Waals surface area (Å²) in [5.41, 5.74) is 13.3. The number of anilines is 2. The Hall–Kier alpha value is -4.38. The summed E-state index contributed by atoms with van der Waals surface area (Å²) in [5, 5.41) is 3.67. The predicted octanol–water partition coefficient (Wildman–Crippen LogP) is 7.74. The molecule has 0 saturated heterocycles. The van der Waals surface area contributed by atoms with Crippen LogP contribution in [-0.2, 0) is 32.9 Å². The van der Waals surface area contributed by atoms with E-state index in [1.54, 1.807) is 0 Å². The zero-order valence-corrected chi connectivity index (χ0v) is 22.8. The minimum atomic E-state index is 0.803. The normalized spacial score (nSPS) is 12.8. The Morgan fingerprint density at radius 2 is 1.62 bits per heavy atom. The summed E-state index contributed by atoms with van der Waals surface area (Å²) >= 11 is 0. The molecule has 0 saturated carbocycles. The lowest BCUT2D eigenvalue weighted by Gasteiger charge is -2.14. The first kappa shape index (κ1) is 23.7. The smallest absolute Gasteiger partial charge is 0.140 e. The van der Waals surface area contributed by atoms with Crippen LogP contribution in [0.5, 0.6) is 0 Å². The van der Waals surface area contributed by atoms with E-state index in [1.807, 2.05) is 0 Å². The lowest BCUT2D eigenvalue weighted by molar-refractivity contribution is 0.721. The Kier molecular flexibility index (Phi) is 5.73.